The molecule has 3 nitrogen and oxygen atoms in total. The molecule has 4 heteroatoms. The summed E-state index contributed by atoms with van der Waals surface area (Å²) in [7, 11) is 0. The number of aromatic nitrogens is 1. The van der Waals surface area contributed by atoms with Crippen molar-refractivity contribution in [2.75, 3.05) is 5.32 Å². The lowest BCUT2D eigenvalue weighted by Crippen LogP contribution is -1.96. The van der Waals surface area contributed by atoms with E-state index in [9.17, 15) is 0 Å². The molecular weight excluding hydrogens is 234 g/mol. The SMILES string of the molecule is Cc1cc(C#N)cc(Nc2cccc(Cl)c2)n1. The summed E-state index contributed by atoms with van der Waals surface area (Å²) >= 11 is 5.89. The van der Waals surface area contributed by atoms with Crippen molar-refractivity contribution in [2.45, 2.75) is 6.92 Å². The van der Waals surface area contributed by atoms with E-state index in [2.05, 4.69) is 16.4 Å². The Morgan fingerprint density at radius 2 is 2.12 bits per heavy atom. The van der Waals surface area contributed by atoms with E-state index >= 15 is 0 Å². The van der Waals surface area contributed by atoms with E-state index in [1.807, 2.05) is 19.1 Å². The van der Waals surface area contributed by atoms with Gasteiger partial charge in [-0.1, -0.05) is 17.7 Å². The van der Waals surface area contributed by atoms with Crippen LogP contribution in [0.5, 0.6) is 0 Å². The van der Waals surface area contributed by atoms with Crippen LogP contribution in [-0.4, -0.2) is 4.98 Å². The van der Waals surface area contributed by atoms with Gasteiger partial charge in [0.1, 0.15) is 5.82 Å². The zero-order valence-electron chi connectivity index (χ0n) is 9.24. The fraction of sp³-hybridized carbons (Fsp3) is 0.0769. The minimum atomic E-state index is 0.585. The summed E-state index contributed by atoms with van der Waals surface area (Å²) in [5, 5.41) is 12.6. The maximum atomic E-state index is 8.87. The van der Waals surface area contributed by atoms with E-state index in [1.165, 1.54) is 0 Å². The minimum absolute atomic E-state index is 0.585. The van der Waals surface area contributed by atoms with Crippen molar-refractivity contribution in [3.63, 3.8) is 0 Å². The fourth-order valence-corrected chi connectivity index (χ4v) is 1.70. The van der Waals surface area contributed by atoms with Crippen LogP contribution in [0.1, 0.15) is 11.3 Å². The summed E-state index contributed by atoms with van der Waals surface area (Å²) in [4.78, 5) is 4.30. The summed E-state index contributed by atoms with van der Waals surface area (Å²) in [6, 6.07) is 12.9. The number of anilines is 2. The number of aryl methyl sites for hydroxylation is 1. The number of nitrogens with one attached hydrogen (secondary N) is 1. The van der Waals surface area contributed by atoms with Gasteiger partial charge in [0.2, 0.25) is 0 Å². The van der Waals surface area contributed by atoms with Crippen molar-refractivity contribution < 1.29 is 0 Å². The second-order valence-corrected chi connectivity index (χ2v) is 4.07. The van der Waals surface area contributed by atoms with Crippen LogP contribution in [0.4, 0.5) is 11.5 Å². The van der Waals surface area contributed by atoms with E-state index < -0.39 is 0 Å². The van der Waals surface area contributed by atoms with E-state index in [0.717, 1.165) is 11.4 Å². The summed E-state index contributed by atoms with van der Waals surface area (Å²) in [6.07, 6.45) is 0. The molecule has 2 rings (SSSR count). The number of halogens is 1. The summed E-state index contributed by atoms with van der Waals surface area (Å²) in [5.74, 6) is 0.642. The molecule has 0 saturated carbocycles. The lowest BCUT2D eigenvalue weighted by atomic mass is 10.2. The van der Waals surface area contributed by atoms with E-state index in [1.54, 1.807) is 24.3 Å². The second kappa shape index (κ2) is 4.86. The lowest BCUT2D eigenvalue weighted by molar-refractivity contribution is 1.19. The molecular formula is C13H10ClN3. The molecule has 0 aliphatic rings. The van der Waals surface area contributed by atoms with Gasteiger partial charge in [-0.2, -0.15) is 5.26 Å². The van der Waals surface area contributed by atoms with E-state index in [0.29, 0.717) is 16.4 Å². The number of hydrogen-bond acceptors (Lipinski definition) is 3. The van der Waals surface area contributed by atoms with Crippen LogP contribution < -0.4 is 5.32 Å². The first kappa shape index (κ1) is 11.4. The van der Waals surface area contributed by atoms with Crippen LogP contribution in [-0.2, 0) is 0 Å². The predicted octanol–water partition coefficient (Wildman–Crippen LogP) is 3.66. The summed E-state index contributed by atoms with van der Waals surface area (Å²) in [6.45, 7) is 1.85. The van der Waals surface area contributed by atoms with Crippen LogP contribution >= 0.6 is 11.6 Å². The Morgan fingerprint density at radius 1 is 1.29 bits per heavy atom. The molecule has 84 valence electrons. The van der Waals surface area contributed by atoms with Gasteiger partial charge in [0.15, 0.2) is 0 Å². The van der Waals surface area contributed by atoms with Gasteiger partial charge < -0.3 is 5.32 Å². The first-order valence-corrected chi connectivity index (χ1v) is 5.46. The minimum Gasteiger partial charge on any atom is -0.340 e. The van der Waals surface area contributed by atoms with Crippen molar-refractivity contribution in [2.24, 2.45) is 0 Å². The number of pyridine rings is 1. The Morgan fingerprint density at radius 3 is 2.82 bits per heavy atom. The number of rotatable bonds is 2. The Kier molecular flexibility index (Phi) is 3.27. The third-order valence-corrected chi connectivity index (χ3v) is 2.41. The van der Waals surface area contributed by atoms with Gasteiger partial charge in [-0.3, -0.25) is 0 Å². The second-order valence-electron chi connectivity index (χ2n) is 3.63. The molecule has 0 fully saturated rings. The molecule has 0 saturated heterocycles. The topological polar surface area (TPSA) is 48.7 Å². The molecule has 0 unspecified atom stereocenters. The molecule has 1 heterocycles. The quantitative estimate of drug-likeness (QED) is 0.876. The molecule has 0 atom stereocenters. The monoisotopic (exact) mass is 243 g/mol. The third-order valence-electron chi connectivity index (χ3n) is 2.18. The Balaban J connectivity index is 2.30. The Bertz CT molecular complexity index is 587. The van der Waals surface area contributed by atoms with Crippen LogP contribution in [0.3, 0.4) is 0 Å². The number of nitriles is 1. The maximum absolute atomic E-state index is 8.87. The molecule has 0 aliphatic carbocycles. The Hall–Kier alpha value is -2.05. The zero-order chi connectivity index (χ0) is 12.3. The molecule has 2 aromatic rings. The first-order chi connectivity index (χ1) is 8.17. The van der Waals surface area contributed by atoms with Gasteiger partial charge in [-0.15, -0.1) is 0 Å². The maximum Gasteiger partial charge on any atom is 0.131 e. The van der Waals surface area contributed by atoms with Gasteiger partial charge >= 0.3 is 0 Å². The van der Waals surface area contributed by atoms with E-state index in [-0.39, 0.29) is 0 Å². The molecule has 0 bridgehead atoms. The lowest BCUT2D eigenvalue weighted by Gasteiger charge is -2.07. The molecule has 0 spiro atoms. The largest absolute Gasteiger partial charge is 0.340 e. The number of nitrogens with zero attached hydrogens (tertiary/aromatic N) is 2. The van der Waals surface area contributed by atoms with Gasteiger partial charge in [0, 0.05) is 16.4 Å². The predicted molar refractivity (Wildman–Crippen MR) is 68.4 cm³/mol. The highest BCUT2D eigenvalue weighted by Gasteiger charge is 2.00. The van der Waals surface area contributed by atoms with Crippen molar-refractivity contribution in [1.29, 1.82) is 5.26 Å². The van der Waals surface area contributed by atoms with Crippen LogP contribution in [0.15, 0.2) is 36.4 Å². The molecule has 17 heavy (non-hydrogen) atoms. The normalized spacial score (nSPS) is 9.71. The van der Waals surface area contributed by atoms with E-state index in [4.69, 9.17) is 16.9 Å². The smallest absolute Gasteiger partial charge is 0.131 e. The van der Waals surface area contributed by atoms with Gasteiger partial charge in [0.05, 0.1) is 11.6 Å². The molecule has 0 aliphatic heterocycles. The first-order valence-electron chi connectivity index (χ1n) is 5.09. The van der Waals surface area contributed by atoms with Crippen molar-refractivity contribution in [3.8, 4) is 6.07 Å². The Labute approximate surface area is 105 Å². The third kappa shape index (κ3) is 2.96. The molecule has 1 aromatic carbocycles. The molecule has 1 aromatic heterocycles. The number of benzene rings is 1. The van der Waals surface area contributed by atoms with Gasteiger partial charge in [-0.25, -0.2) is 4.98 Å². The standard InChI is InChI=1S/C13H10ClN3/c1-9-5-10(8-15)6-13(16-9)17-12-4-2-3-11(14)7-12/h2-7H,1H3,(H,16,17). The summed E-state index contributed by atoms with van der Waals surface area (Å²) in [5.41, 5.74) is 2.23. The van der Waals surface area contributed by atoms with Gasteiger partial charge in [0.25, 0.3) is 0 Å². The van der Waals surface area contributed by atoms with Crippen LogP contribution in [0, 0.1) is 18.3 Å². The van der Waals surface area contributed by atoms with Crippen molar-refractivity contribution >= 4 is 23.1 Å². The fourth-order valence-electron chi connectivity index (χ4n) is 1.51. The van der Waals surface area contributed by atoms with Crippen molar-refractivity contribution in [1.82, 2.24) is 4.98 Å². The molecule has 1 N–H and O–H groups in total. The average molecular weight is 244 g/mol. The van der Waals surface area contributed by atoms with Crippen LogP contribution in [0.2, 0.25) is 5.02 Å². The highest BCUT2D eigenvalue weighted by Crippen LogP contribution is 2.19. The zero-order valence-corrected chi connectivity index (χ0v) is 9.99. The highest BCUT2D eigenvalue weighted by molar-refractivity contribution is 6.30. The summed E-state index contributed by atoms with van der Waals surface area (Å²) < 4.78 is 0. The highest BCUT2D eigenvalue weighted by atomic mass is 35.5. The number of hydrogen-bond donors (Lipinski definition) is 1. The molecule has 0 amide bonds. The molecule has 0 radical (unpaired) electrons. The van der Waals surface area contributed by atoms with Crippen molar-refractivity contribution in [3.05, 3.63) is 52.7 Å². The van der Waals surface area contributed by atoms with Crippen LogP contribution in [0.25, 0.3) is 0 Å². The average Bonchev–Trinajstić information content (AvgIpc) is 2.28. The van der Waals surface area contributed by atoms with Gasteiger partial charge in [-0.05, 0) is 37.3 Å².